The van der Waals surface area contributed by atoms with Crippen molar-refractivity contribution in [2.24, 2.45) is 0 Å². The third-order valence-corrected chi connectivity index (χ3v) is 4.99. The van der Waals surface area contributed by atoms with Crippen molar-refractivity contribution in [1.29, 1.82) is 0 Å². The Labute approximate surface area is 209 Å². The Balaban J connectivity index is 3.79. The van der Waals surface area contributed by atoms with Crippen LogP contribution in [-0.2, 0) is 9.59 Å². The van der Waals surface area contributed by atoms with Crippen LogP contribution >= 0.6 is 0 Å². The molecule has 0 rings (SSSR count). The number of ketones is 1. The molecule has 0 aliphatic rings. The van der Waals surface area contributed by atoms with Crippen molar-refractivity contribution in [2.45, 2.75) is 97.4 Å². The van der Waals surface area contributed by atoms with Crippen molar-refractivity contribution >= 4 is 11.7 Å². The first kappa shape index (κ1) is 31.3. The van der Waals surface area contributed by atoms with E-state index in [2.05, 4.69) is 85.2 Å². The van der Waals surface area contributed by atoms with Gasteiger partial charge in [-0.05, 0) is 78.2 Å². The average molecular weight is 466 g/mol. The fraction of sp³-hybridized carbons (Fsp3) is 0.484. The molecule has 0 aromatic carbocycles. The standard InChI is InChI=1S/C31H47NO2/c1-5-7-8-9-10-11-12-13-14-15-16-17-18-19-20-21-22-23-24-26-29(33)27-28-31(3,4)32-30(34)25-6-2/h6-8,10-11,13-14,16-17,19-20,22-23,25H,5,9,12,15,18,21,24,26-28H2,1-4H3,(H,32,34)/b8-7-,11-10-,14-13-,17-16-,20-19-,23-22-,25-6+. The summed E-state index contributed by atoms with van der Waals surface area (Å²) in [5, 5.41) is 2.93. The molecule has 0 heterocycles. The summed E-state index contributed by atoms with van der Waals surface area (Å²) in [6.45, 7) is 7.86. The van der Waals surface area contributed by atoms with Gasteiger partial charge in [0.2, 0.25) is 5.91 Å². The van der Waals surface area contributed by atoms with Crippen molar-refractivity contribution in [3.05, 3.63) is 85.1 Å². The summed E-state index contributed by atoms with van der Waals surface area (Å²) in [5.41, 5.74) is -0.374. The van der Waals surface area contributed by atoms with Gasteiger partial charge in [-0.15, -0.1) is 0 Å². The lowest BCUT2D eigenvalue weighted by atomic mass is 9.95. The summed E-state index contributed by atoms with van der Waals surface area (Å²) in [6, 6.07) is 0. The molecule has 0 saturated heterocycles. The zero-order chi connectivity index (χ0) is 25.3. The molecule has 0 aromatic rings. The average Bonchev–Trinajstić information content (AvgIpc) is 2.79. The Morgan fingerprint density at radius 3 is 1.56 bits per heavy atom. The van der Waals surface area contributed by atoms with Gasteiger partial charge in [-0.3, -0.25) is 9.59 Å². The molecular formula is C31H47NO2. The highest BCUT2D eigenvalue weighted by Gasteiger charge is 2.20. The van der Waals surface area contributed by atoms with Crippen LogP contribution in [0.5, 0.6) is 0 Å². The predicted molar refractivity (Wildman–Crippen MR) is 149 cm³/mol. The number of rotatable bonds is 19. The van der Waals surface area contributed by atoms with Gasteiger partial charge in [0.25, 0.3) is 0 Å². The van der Waals surface area contributed by atoms with Crippen molar-refractivity contribution in [1.82, 2.24) is 5.32 Å². The lowest BCUT2D eigenvalue weighted by Crippen LogP contribution is -2.42. The molecule has 1 N–H and O–H groups in total. The molecule has 34 heavy (non-hydrogen) atoms. The fourth-order valence-electron chi connectivity index (χ4n) is 3.05. The second-order valence-corrected chi connectivity index (χ2v) is 8.87. The van der Waals surface area contributed by atoms with Crippen LogP contribution in [0, 0.1) is 0 Å². The Kier molecular flexibility index (Phi) is 20.4. The van der Waals surface area contributed by atoms with Gasteiger partial charge in [0.05, 0.1) is 0 Å². The lowest BCUT2D eigenvalue weighted by molar-refractivity contribution is -0.121. The zero-order valence-corrected chi connectivity index (χ0v) is 22.0. The van der Waals surface area contributed by atoms with Crippen LogP contribution in [0.15, 0.2) is 85.1 Å². The SMILES string of the molecule is C/C=C/C(=O)NC(C)(C)CCC(=O)CC/C=C\C/C=C\C/C=C\C/C=C\C/C=C\C/C=C\CC. The molecule has 0 fully saturated rings. The third-order valence-electron chi connectivity index (χ3n) is 4.99. The molecule has 0 aromatic heterocycles. The van der Waals surface area contributed by atoms with E-state index in [1.165, 1.54) is 6.08 Å². The third kappa shape index (κ3) is 22.5. The maximum absolute atomic E-state index is 12.1. The van der Waals surface area contributed by atoms with Crippen molar-refractivity contribution in [2.75, 3.05) is 0 Å². The van der Waals surface area contributed by atoms with E-state index in [1.807, 2.05) is 20.8 Å². The zero-order valence-electron chi connectivity index (χ0n) is 22.0. The molecule has 0 bridgehead atoms. The van der Waals surface area contributed by atoms with Gasteiger partial charge in [0, 0.05) is 18.4 Å². The van der Waals surface area contributed by atoms with Crippen LogP contribution in [-0.4, -0.2) is 17.2 Å². The minimum Gasteiger partial charge on any atom is -0.348 e. The molecule has 0 aliphatic carbocycles. The van der Waals surface area contributed by atoms with Gasteiger partial charge in [-0.1, -0.05) is 85.9 Å². The number of Topliss-reactive ketones (excluding diaryl/α,β-unsaturated/α-hetero) is 1. The first-order chi connectivity index (χ1) is 16.4. The van der Waals surface area contributed by atoms with E-state index in [1.54, 1.807) is 6.08 Å². The Hall–Kier alpha value is -2.68. The van der Waals surface area contributed by atoms with E-state index in [9.17, 15) is 9.59 Å². The highest BCUT2D eigenvalue weighted by Crippen LogP contribution is 2.13. The minimum atomic E-state index is -0.374. The number of hydrogen-bond donors (Lipinski definition) is 1. The number of carbonyl (C=O) groups is 2. The summed E-state index contributed by atoms with van der Waals surface area (Å²) in [6.07, 6.45) is 37.8. The summed E-state index contributed by atoms with van der Waals surface area (Å²) < 4.78 is 0. The second-order valence-electron chi connectivity index (χ2n) is 8.87. The lowest BCUT2D eigenvalue weighted by Gasteiger charge is -2.25. The fourth-order valence-corrected chi connectivity index (χ4v) is 3.05. The van der Waals surface area contributed by atoms with E-state index in [0.29, 0.717) is 19.3 Å². The molecule has 0 saturated carbocycles. The van der Waals surface area contributed by atoms with Crippen molar-refractivity contribution < 1.29 is 9.59 Å². The molecule has 1 amide bonds. The minimum absolute atomic E-state index is 0.113. The van der Waals surface area contributed by atoms with E-state index >= 15 is 0 Å². The normalized spacial score (nSPS) is 13.3. The largest absolute Gasteiger partial charge is 0.348 e. The molecule has 0 spiro atoms. The van der Waals surface area contributed by atoms with Crippen LogP contribution in [0.1, 0.15) is 91.9 Å². The Morgan fingerprint density at radius 2 is 1.12 bits per heavy atom. The molecule has 0 atom stereocenters. The Morgan fingerprint density at radius 1 is 0.676 bits per heavy atom. The van der Waals surface area contributed by atoms with E-state index in [4.69, 9.17) is 0 Å². The number of amides is 1. The molecular weight excluding hydrogens is 418 g/mol. The molecule has 0 radical (unpaired) electrons. The topological polar surface area (TPSA) is 46.2 Å². The van der Waals surface area contributed by atoms with E-state index in [0.717, 1.165) is 44.9 Å². The molecule has 188 valence electrons. The van der Waals surface area contributed by atoms with Crippen LogP contribution in [0.25, 0.3) is 0 Å². The van der Waals surface area contributed by atoms with Crippen LogP contribution in [0.2, 0.25) is 0 Å². The van der Waals surface area contributed by atoms with Gasteiger partial charge >= 0.3 is 0 Å². The summed E-state index contributed by atoms with van der Waals surface area (Å²) in [4.78, 5) is 23.7. The first-order valence-electron chi connectivity index (χ1n) is 12.8. The van der Waals surface area contributed by atoms with Crippen molar-refractivity contribution in [3.63, 3.8) is 0 Å². The maximum Gasteiger partial charge on any atom is 0.244 e. The summed E-state index contributed by atoms with van der Waals surface area (Å²) in [7, 11) is 0. The van der Waals surface area contributed by atoms with Gasteiger partial charge in [0.15, 0.2) is 0 Å². The van der Waals surface area contributed by atoms with Gasteiger partial charge in [0.1, 0.15) is 5.78 Å². The van der Waals surface area contributed by atoms with Gasteiger partial charge in [-0.2, -0.15) is 0 Å². The highest BCUT2D eigenvalue weighted by atomic mass is 16.1. The van der Waals surface area contributed by atoms with Crippen LogP contribution < -0.4 is 5.32 Å². The Bertz CT molecular complexity index is 745. The van der Waals surface area contributed by atoms with Crippen LogP contribution in [0.4, 0.5) is 0 Å². The van der Waals surface area contributed by atoms with Crippen molar-refractivity contribution in [3.8, 4) is 0 Å². The number of hydrogen-bond acceptors (Lipinski definition) is 2. The van der Waals surface area contributed by atoms with Gasteiger partial charge < -0.3 is 5.32 Å². The maximum atomic E-state index is 12.1. The number of carbonyl (C=O) groups excluding carboxylic acids is 2. The molecule has 0 aliphatic heterocycles. The number of allylic oxidation sites excluding steroid dienone is 13. The first-order valence-corrected chi connectivity index (χ1v) is 12.8. The predicted octanol–water partition coefficient (Wildman–Crippen LogP) is 8.28. The smallest absolute Gasteiger partial charge is 0.244 e. The monoisotopic (exact) mass is 465 g/mol. The van der Waals surface area contributed by atoms with Crippen LogP contribution in [0.3, 0.4) is 0 Å². The van der Waals surface area contributed by atoms with Gasteiger partial charge in [-0.25, -0.2) is 0 Å². The number of nitrogens with one attached hydrogen (secondary N) is 1. The highest BCUT2D eigenvalue weighted by molar-refractivity contribution is 5.88. The van der Waals surface area contributed by atoms with E-state index < -0.39 is 0 Å². The van der Waals surface area contributed by atoms with E-state index in [-0.39, 0.29) is 17.2 Å². The molecule has 0 unspecified atom stereocenters. The molecule has 3 nitrogen and oxygen atoms in total. The quantitative estimate of drug-likeness (QED) is 0.154. The summed E-state index contributed by atoms with van der Waals surface area (Å²) in [5.74, 6) is 0.130. The molecule has 3 heteroatoms. The second kappa shape index (κ2) is 22.1. The summed E-state index contributed by atoms with van der Waals surface area (Å²) >= 11 is 0.